The van der Waals surface area contributed by atoms with Crippen molar-refractivity contribution in [1.29, 1.82) is 0 Å². The zero-order valence-corrected chi connectivity index (χ0v) is 15.5. The van der Waals surface area contributed by atoms with Gasteiger partial charge in [-0.3, -0.25) is 4.90 Å². The topological polar surface area (TPSA) is 121 Å². The van der Waals surface area contributed by atoms with Gasteiger partial charge >= 0.3 is 0 Å². The molecule has 0 bridgehead atoms. The van der Waals surface area contributed by atoms with E-state index in [0.29, 0.717) is 43.6 Å². The Labute approximate surface area is 148 Å². The van der Waals surface area contributed by atoms with Crippen molar-refractivity contribution < 1.29 is 14.9 Å². The molecule has 1 fully saturated rings. The molecule has 1 aliphatic rings. The Hall–Kier alpha value is -1.55. The van der Waals surface area contributed by atoms with E-state index in [1.54, 1.807) is 6.92 Å². The summed E-state index contributed by atoms with van der Waals surface area (Å²) in [6, 6.07) is -0.121. The van der Waals surface area contributed by atoms with Crippen molar-refractivity contribution in [3.8, 4) is 0 Å². The van der Waals surface area contributed by atoms with E-state index < -0.39 is 6.10 Å². The van der Waals surface area contributed by atoms with E-state index in [1.165, 1.54) is 0 Å². The van der Waals surface area contributed by atoms with Gasteiger partial charge in [-0.05, 0) is 27.7 Å². The number of rotatable bonds is 6. The molecule has 1 aromatic rings. The molecule has 9 heteroatoms. The molecule has 2 atom stereocenters. The van der Waals surface area contributed by atoms with Crippen molar-refractivity contribution in [3.63, 3.8) is 0 Å². The first-order valence-corrected chi connectivity index (χ1v) is 8.58. The second kappa shape index (κ2) is 8.22. The number of hydrogen-bond donors (Lipinski definition) is 3. The van der Waals surface area contributed by atoms with Gasteiger partial charge in [-0.15, -0.1) is 10.2 Å². The number of β-amino-alcohol motifs (C(OH)–C–C–N with tert-alkyl or cyclic N) is 1. The van der Waals surface area contributed by atoms with Crippen molar-refractivity contribution in [2.24, 2.45) is 0 Å². The van der Waals surface area contributed by atoms with E-state index >= 15 is 0 Å². The van der Waals surface area contributed by atoms with Gasteiger partial charge in [0.1, 0.15) is 5.69 Å². The van der Waals surface area contributed by atoms with Crippen LogP contribution in [-0.2, 0) is 4.74 Å². The minimum atomic E-state index is -0.604. The maximum Gasteiger partial charge on any atom is 0.247 e. The fourth-order valence-corrected chi connectivity index (χ4v) is 2.67. The molecule has 0 amide bonds. The van der Waals surface area contributed by atoms with Crippen molar-refractivity contribution in [1.82, 2.24) is 20.1 Å². The summed E-state index contributed by atoms with van der Waals surface area (Å²) in [6.07, 6.45) is -0.604. The van der Waals surface area contributed by atoms with Gasteiger partial charge < -0.3 is 25.6 Å². The Morgan fingerprint density at radius 2 is 2.04 bits per heavy atom. The molecule has 0 radical (unpaired) electrons. The number of anilines is 2. The number of nitrogens with zero attached hydrogens (tertiary/aromatic N) is 5. The number of ether oxygens (including phenoxy) is 1. The number of nitrogen functional groups attached to an aromatic ring is 1. The van der Waals surface area contributed by atoms with Crippen LogP contribution >= 0.6 is 0 Å². The SMILES string of the molecule is Cc1nnc(N2CCN(CC(O)COC(C)(C)C)C(CO)C2)nc1N. The molecule has 0 aromatic carbocycles. The Balaban J connectivity index is 1.93. The van der Waals surface area contributed by atoms with Crippen LogP contribution in [-0.4, -0.2) is 87.4 Å². The first-order valence-electron chi connectivity index (χ1n) is 8.58. The van der Waals surface area contributed by atoms with Crippen LogP contribution < -0.4 is 10.6 Å². The molecule has 2 unspecified atom stereocenters. The van der Waals surface area contributed by atoms with Crippen LogP contribution in [0.15, 0.2) is 0 Å². The highest BCUT2D eigenvalue weighted by molar-refractivity contribution is 5.40. The van der Waals surface area contributed by atoms with Gasteiger partial charge in [0.25, 0.3) is 0 Å². The summed E-state index contributed by atoms with van der Waals surface area (Å²) in [5.74, 6) is 0.834. The molecule has 1 aromatic heterocycles. The summed E-state index contributed by atoms with van der Waals surface area (Å²) < 4.78 is 5.62. The average molecular weight is 354 g/mol. The summed E-state index contributed by atoms with van der Waals surface area (Å²) in [6.45, 7) is 10.2. The largest absolute Gasteiger partial charge is 0.395 e. The molecule has 2 rings (SSSR count). The number of aryl methyl sites for hydroxylation is 1. The molecule has 25 heavy (non-hydrogen) atoms. The Morgan fingerprint density at radius 3 is 2.64 bits per heavy atom. The molecule has 1 saturated heterocycles. The molecule has 0 saturated carbocycles. The highest BCUT2D eigenvalue weighted by atomic mass is 16.5. The van der Waals surface area contributed by atoms with Crippen LogP contribution in [0.1, 0.15) is 26.5 Å². The number of hydrogen-bond acceptors (Lipinski definition) is 9. The monoisotopic (exact) mass is 354 g/mol. The first-order chi connectivity index (χ1) is 11.7. The molecule has 9 nitrogen and oxygen atoms in total. The predicted octanol–water partition coefficient (Wildman–Crippen LogP) is -0.579. The van der Waals surface area contributed by atoms with Gasteiger partial charge in [-0.1, -0.05) is 0 Å². The fraction of sp³-hybridized carbons (Fsp3) is 0.812. The fourth-order valence-electron chi connectivity index (χ4n) is 2.67. The lowest BCUT2D eigenvalue weighted by Gasteiger charge is -2.41. The van der Waals surface area contributed by atoms with E-state index in [4.69, 9.17) is 10.5 Å². The van der Waals surface area contributed by atoms with E-state index in [1.807, 2.05) is 25.7 Å². The average Bonchev–Trinajstić information content (AvgIpc) is 2.55. The Morgan fingerprint density at radius 1 is 1.32 bits per heavy atom. The summed E-state index contributed by atoms with van der Waals surface area (Å²) in [4.78, 5) is 8.29. The molecular weight excluding hydrogens is 324 g/mol. The molecule has 1 aliphatic heterocycles. The van der Waals surface area contributed by atoms with E-state index in [0.717, 1.165) is 0 Å². The van der Waals surface area contributed by atoms with E-state index in [2.05, 4.69) is 20.1 Å². The summed E-state index contributed by atoms with van der Waals surface area (Å²) in [5.41, 5.74) is 6.12. The lowest BCUT2D eigenvalue weighted by molar-refractivity contribution is -0.0612. The predicted molar refractivity (Wildman–Crippen MR) is 95.3 cm³/mol. The standard InChI is InChI=1S/C16H30N6O3/c1-11-14(17)18-15(20-19-11)22-6-5-21(12(7-22)9-23)8-13(24)10-25-16(2,3)4/h12-13,23-24H,5-10H2,1-4H3,(H2,17,18,20). The van der Waals surface area contributed by atoms with Gasteiger partial charge in [0.05, 0.1) is 31.0 Å². The lowest BCUT2D eigenvalue weighted by atomic mass is 10.1. The third kappa shape index (κ3) is 5.74. The third-order valence-electron chi connectivity index (χ3n) is 4.13. The maximum absolute atomic E-state index is 10.2. The summed E-state index contributed by atoms with van der Waals surface area (Å²) in [5, 5.41) is 28.0. The smallest absolute Gasteiger partial charge is 0.247 e. The van der Waals surface area contributed by atoms with Crippen LogP contribution in [0.5, 0.6) is 0 Å². The lowest BCUT2D eigenvalue weighted by Crippen LogP contribution is -2.57. The summed E-state index contributed by atoms with van der Waals surface area (Å²) >= 11 is 0. The Bertz CT molecular complexity index is 565. The molecule has 4 N–H and O–H groups in total. The quantitative estimate of drug-likeness (QED) is 0.616. The van der Waals surface area contributed by atoms with Gasteiger partial charge in [0.15, 0.2) is 5.82 Å². The van der Waals surface area contributed by atoms with Crippen molar-refractivity contribution in [2.45, 2.75) is 45.4 Å². The second-order valence-electron chi connectivity index (χ2n) is 7.44. The number of aromatic nitrogens is 3. The van der Waals surface area contributed by atoms with Crippen molar-refractivity contribution in [3.05, 3.63) is 5.69 Å². The number of nitrogens with two attached hydrogens (primary N) is 1. The zero-order valence-electron chi connectivity index (χ0n) is 15.5. The molecule has 0 aliphatic carbocycles. The van der Waals surface area contributed by atoms with Crippen LogP contribution in [0, 0.1) is 6.92 Å². The minimum absolute atomic E-state index is 0.0158. The van der Waals surface area contributed by atoms with Crippen molar-refractivity contribution >= 4 is 11.8 Å². The molecule has 142 valence electrons. The van der Waals surface area contributed by atoms with Crippen LogP contribution in [0.25, 0.3) is 0 Å². The van der Waals surface area contributed by atoms with Crippen LogP contribution in [0.2, 0.25) is 0 Å². The van der Waals surface area contributed by atoms with Crippen LogP contribution in [0.4, 0.5) is 11.8 Å². The highest BCUT2D eigenvalue weighted by Gasteiger charge is 2.30. The first kappa shape index (κ1) is 19.8. The second-order valence-corrected chi connectivity index (χ2v) is 7.44. The maximum atomic E-state index is 10.2. The molecule has 2 heterocycles. The van der Waals surface area contributed by atoms with Gasteiger partial charge in [-0.25, -0.2) is 0 Å². The zero-order chi connectivity index (χ0) is 18.6. The number of aliphatic hydroxyl groups is 2. The summed E-state index contributed by atoms with van der Waals surface area (Å²) in [7, 11) is 0. The van der Waals surface area contributed by atoms with Crippen molar-refractivity contribution in [2.75, 3.05) is 50.0 Å². The molecule has 0 spiro atoms. The minimum Gasteiger partial charge on any atom is -0.395 e. The highest BCUT2D eigenvalue weighted by Crippen LogP contribution is 2.17. The normalized spacial score (nSPS) is 20.7. The van der Waals surface area contributed by atoms with E-state index in [9.17, 15) is 10.2 Å². The van der Waals surface area contributed by atoms with Gasteiger partial charge in [0.2, 0.25) is 5.95 Å². The molecular formula is C16H30N6O3. The Kier molecular flexibility index (Phi) is 6.50. The third-order valence-corrected chi connectivity index (χ3v) is 4.13. The number of aliphatic hydroxyl groups excluding tert-OH is 2. The van der Waals surface area contributed by atoms with E-state index in [-0.39, 0.29) is 24.9 Å². The van der Waals surface area contributed by atoms with Gasteiger partial charge in [-0.2, -0.15) is 4.98 Å². The number of piperazine rings is 1. The van der Waals surface area contributed by atoms with Gasteiger partial charge in [0, 0.05) is 26.2 Å². The van der Waals surface area contributed by atoms with Crippen LogP contribution in [0.3, 0.4) is 0 Å².